The lowest BCUT2D eigenvalue weighted by Crippen LogP contribution is -2.55. The second kappa shape index (κ2) is 6.54. The molecule has 4 N–H and O–H groups in total. The molecule has 0 spiro atoms. The van der Waals surface area contributed by atoms with Gasteiger partial charge in [-0.3, -0.25) is 14.5 Å². The van der Waals surface area contributed by atoms with Crippen LogP contribution in [-0.4, -0.2) is 56.0 Å². The Morgan fingerprint density at radius 1 is 1.30 bits per heavy atom. The normalized spacial score (nSPS) is 22.9. The van der Waals surface area contributed by atoms with Crippen LogP contribution < -0.4 is 16.4 Å². The highest BCUT2D eigenvalue weighted by Gasteiger charge is 2.43. The van der Waals surface area contributed by atoms with Crippen LogP contribution in [0.2, 0.25) is 0 Å². The zero-order valence-electron chi connectivity index (χ0n) is 12.3. The molecule has 0 bridgehead atoms. The summed E-state index contributed by atoms with van der Waals surface area (Å²) in [6, 6.07) is 0.229. The van der Waals surface area contributed by atoms with E-state index in [0.29, 0.717) is 13.1 Å². The molecule has 0 radical (unpaired) electrons. The van der Waals surface area contributed by atoms with Crippen LogP contribution in [-0.2, 0) is 9.59 Å². The highest BCUT2D eigenvalue weighted by atomic mass is 16.2. The quantitative estimate of drug-likeness (QED) is 0.631. The van der Waals surface area contributed by atoms with Gasteiger partial charge in [0.15, 0.2) is 0 Å². The molecule has 1 saturated heterocycles. The van der Waals surface area contributed by atoms with Gasteiger partial charge < -0.3 is 16.4 Å². The molecule has 0 aromatic rings. The van der Waals surface area contributed by atoms with E-state index in [1.165, 1.54) is 0 Å². The van der Waals surface area contributed by atoms with E-state index in [-0.39, 0.29) is 23.3 Å². The third-order valence-corrected chi connectivity index (χ3v) is 4.75. The summed E-state index contributed by atoms with van der Waals surface area (Å²) in [7, 11) is 1.65. The molecule has 0 unspecified atom stereocenters. The minimum Gasteiger partial charge on any atom is -0.358 e. The molecular formula is C14H26N4O2. The fourth-order valence-electron chi connectivity index (χ4n) is 2.98. The van der Waals surface area contributed by atoms with E-state index in [0.717, 1.165) is 45.2 Å². The summed E-state index contributed by atoms with van der Waals surface area (Å²) in [6.45, 7) is 2.61. The van der Waals surface area contributed by atoms with Gasteiger partial charge in [0.25, 0.3) is 0 Å². The number of nitrogens with zero attached hydrogens (tertiary/aromatic N) is 1. The first-order valence-electron chi connectivity index (χ1n) is 7.53. The first-order chi connectivity index (χ1) is 9.59. The predicted octanol–water partition coefficient (Wildman–Crippen LogP) is -0.558. The molecule has 0 atom stereocenters. The molecule has 2 aliphatic rings. The molecule has 6 nitrogen and oxygen atoms in total. The number of likely N-dealkylation sites (N-methyl/N-ethyl adjacent to an activating group) is 1. The number of carbonyl (C=O) groups is 2. The Morgan fingerprint density at radius 2 is 1.95 bits per heavy atom. The lowest BCUT2D eigenvalue weighted by Gasteiger charge is -2.41. The summed E-state index contributed by atoms with van der Waals surface area (Å²) in [5.74, 6) is 0.181. The summed E-state index contributed by atoms with van der Waals surface area (Å²) >= 11 is 0. The molecule has 20 heavy (non-hydrogen) atoms. The first-order valence-corrected chi connectivity index (χ1v) is 7.53. The van der Waals surface area contributed by atoms with Crippen molar-refractivity contribution in [1.29, 1.82) is 0 Å². The Kier molecular flexibility index (Phi) is 4.99. The largest absolute Gasteiger partial charge is 0.358 e. The van der Waals surface area contributed by atoms with Crippen LogP contribution in [0, 0.1) is 5.41 Å². The summed E-state index contributed by atoms with van der Waals surface area (Å²) in [4.78, 5) is 25.7. The van der Waals surface area contributed by atoms with Gasteiger partial charge in [0.1, 0.15) is 0 Å². The molecule has 114 valence electrons. The van der Waals surface area contributed by atoms with E-state index >= 15 is 0 Å². The van der Waals surface area contributed by atoms with Crippen LogP contribution >= 0.6 is 0 Å². The number of likely N-dealkylation sites (tertiary alicyclic amines) is 1. The molecule has 0 aromatic heterocycles. The van der Waals surface area contributed by atoms with Crippen LogP contribution in [0.5, 0.6) is 0 Å². The van der Waals surface area contributed by atoms with Gasteiger partial charge in [-0.2, -0.15) is 0 Å². The predicted molar refractivity (Wildman–Crippen MR) is 77.0 cm³/mol. The van der Waals surface area contributed by atoms with Crippen LogP contribution in [0.4, 0.5) is 0 Å². The standard InChI is InChI=1S/C14H26N4O2/c1-16-12(19)9-18-7-3-11(4-8-18)17-13(20)14(10-15)5-2-6-14/h11H,2-10,15H2,1H3,(H,16,19)(H,17,20). The minimum absolute atomic E-state index is 0.0454. The summed E-state index contributed by atoms with van der Waals surface area (Å²) < 4.78 is 0. The molecule has 6 heteroatoms. The zero-order valence-corrected chi connectivity index (χ0v) is 12.3. The lowest BCUT2D eigenvalue weighted by molar-refractivity contribution is -0.136. The number of hydrogen-bond acceptors (Lipinski definition) is 4. The van der Waals surface area contributed by atoms with Crippen molar-refractivity contribution in [3.63, 3.8) is 0 Å². The maximum atomic E-state index is 12.3. The molecule has 2 rings (SSSR count). The summed E-state index contributed by atoms with van der Waals surface area (Å²) in [5, 5.41) is 5.79. The zero-order chi connectivity index (χ0) is 14.6. The summed E-state index contributed by atoms with van der Waals surface area (Å²) in [5.41, 5.74) is 5.46. The Morgan fingerprint density at radius 3 is 2.40 bits per heavy atom. The molecular weight excluding hydrogens is 256 g/mol. The Bertz CT molecular complexity index is 355. The highest BCUT2D eigenvalue weighted by molar-refractivity contribution is 5.84. The lowest BCUT2D eigenvalue weighted by atomic mass is 9.68. The van der Waals surface area contributed by atoms with Crippen molar-refractivity contribution in [2.75, 3.05) is 33.2 Å². The second-order valence-corrected chi connectivity index (χ2v) is 6.04. The van der Waals surface area contributed by atoms with E-state index < -0.39 is 0 Å². The molecule has 1 heterocycles. The molecule has 1 saturated carbocycles. The van der Waals surface area contributed by atoms with E-state index in [4.69, 9.17) is 5.73 Å². The molecule has 0 aromatic carbocycles. The Labute approximate surface area is 120 Å². The highest BCUT2D eigenvalue weighted by Crippen LogP contribution is 2.40. The van der Waals surface area contributed by atoms with Gasteiger partial charge in [0.05, 0.1) is 12.0 Å². The van der Waals surface area contributed by atoms with Crippen molar-refractivity contribution in [2.45, 2.75) is 38.1 Å². The number of nitrogens with two attached hydrogens (primary N) is 1. The number of carbonyl (C=O) groups excluding carboxylic acids is 2. The van der Waals surface area contributed by atoms with E-state index in [1.54, 1.807) is 7.05 Å². The van der Waals surface area contributed by atoms with Crippen LogP contribution in [0.25, 0.3) is 0 Å². The van der Waals surface area contributed by atoms with Crippen molar-refractivity contribution in [2.24, 2.45) is 11.1 Å². The number of rotatable bonds is 5. The topological polar surface area (TPSA) is 87.5 Å². The van der Waals surface area contributed by atoms with E-state index in [1.807, 2.05) is 0 Å². The third kappa shape index (κ3) is 3.30. The van der Waals surface area contributed by atoms with Crippen LogP contribution in [0.3, 0.4) is 0 Å². The molecule has 2 fully saturated rings. The SMILES string of the molecule is CNC(=O)CN1CCC(NC(=O)C2(CN)CCC2)CC1. The molecule has 1 aliphatic heterocycles. The molecule has 2 amide bonds. The maximum absolute atomic E-state index is 12.3. The van der Waals surface area contributed by atoms with E-state index in [2.05, 4.69) is 15.5 Å². The number of amides is 2. The van der Waals surface area contributed by atoms with Gasteiger partial charge >= 0.3 is 0 Å². The van der Waals surface area contributed by atoms with Crippen LogP contribution in [0.15, 0.2) is 0 Å². The average Bonchev–Trinajstić information content (AvgIpc) is 2.40. The number of piperidine rings is 1. The van der Waals surface area contributed by atoms with Gasteiger partial charge in [-0.15, -0.1) is 0 Å². The third-order valence-electron chi connectivity index (χ3n) is 4.75. The van der Waals surface area contributed by atoms with E-state index in [9.17, 15) is 9.59 Å². The average molecular weight is 282 g/mol. The van der Waals surface area contributed by atoms with Crippen molar-refractivity contribution >= 4 is 11.8 Å². The Balaban J connectivity index is 1.74. The molecule has 1 aliphatic carbocycles. The monoisotopic (exact) mass is 282 g/mol. The van der Waals surface area contributed by atoms with Gasteiger partial charge in [-0.05, 0) is 25.7 Å². The van der Waals surface area contributed by atoms with Gasteiger partial charge in [0.2, 0.25) is 11.8 Å². The van der Waals surface area contributed by atoms with Crippen molar-refractivity contribution < 1.29 is 9.59 Å². The van der Waals surface area contributed by atoms with Crippen molar-refractivity contribution in [3.8, 4) is 0 Å². The van der Waals surface area contributed by atoms with Crippen molar-refractivity contribution in [3.05, 3.63) is 0 Å². The van der Waals surface area contributed by atoms with Gasteiger partial charge in [-0.25, -0.2) is 0 Å². The number of hydrogen-bond donors (Lipinski definition) is 3. The number of nitrogens with one attached hydrogen (secondary N) is 2. The fourth-order valence-corrected chi connectivity index (χ4v) is 2.98. The van der Waals surface area contributed by atoms with Crippen LogP contribution in [0.1, 0.15) is 32.1 Å². The minimum atomic E-state index is -0.292. The van der Waals surface area contributed by atoms with Crippen molar-refractivity contribution in [1.82, 2.24) is 15.5 Å². The Hall–Kier alpha value is -1.14. The smallest absolute Gasteiger partial charge is 0.233 e. The first kappa shape index (κ1) is 15.3. The van der Waals surface area contributed by atoms with Gasteiger partial charge in [0, 0.05) is 32.7 Å². The maximum Gasteiger partial charge on any atom is 0.233 e. The summed E-state index contributed by atoms with van der Waals surface area (Å²) in [6.07, 6.45) is 4.76. The second-order valence-electron chi connectivity index (χ2n) is 6.04. The van der Waals surface area contributed by atoms with Gasteiger partial charge in [-0.1, -0.05) is 6.42 Å². The fraction of sp³-hybridized carbons (Fsp3) is 0.857.